The van der Waals surface area contributed by atoms with Gasteiger partial charge in [-0.15, -0.1) is 5.10 Å². The van der Waals surface area contributed by atoms with E-state index in [4.69, 9.17) is 4.74 Å². The summed E-state index contributed by atoms with van der Waals surface area (Å²) in [7, 11) is -0.487. The van der Waals surface area contributed by atoms with Crippen LogP contribution in [-0.2, 0) is 17.1 Å². The van der Waals surface area contributed by atoms with Gasteiger partial charge in [0.05, 0.1) is 17.8 Å². The molecule has 0 amide bonds. The molecule has 4 rings (SSSR count). The van der Waals surface area contributed by atoms with Crippen molar-refractivity contribution in [1.29, 1.82) is 0 Å². The fourth-order valence-electron chi connectivity index (χ4n) is 3.44. The summed E-state index contributed by atoms with van der Waals surface area (Å²) in [5.74, 6) is 0.361. The Morgan fingerprint density at radius 1 is 1.22 bits per heavy atom. The maximum absolute atomic E-state index is 13.3. The molecule has 1 fully saturated rings. The van der Waals surface area contributed by atoms with Crippen molar-refractivity contribution < 1.29 is 13.2 Å². The summed E-state index contributed by atoms with van der Waals surface area (Å²) in [6.07, 6.45) is 8.52. The Labute approximate surface area is 165 Å². The van der Waals surface area contributed by atoms with Crippen molar-refractivity contribution in [2.24, 2.45) is 7.05 Å². The van der Waals surface area contributed by atoms with Gasteiger partial charge < -0.3 is 4.74 Å². The average Bonchev–Trinajstić information content (AvgIpc) is 3.25. The number of fused-ring (bicyclic) bond motifs is 1. The van der Waals surface area contributed by atoms with Crippen molar-refractivity contribution in [2.75, 3.05) is 20.2 Å². The average molecular weight is 455 g/mol. The van der Waals surface area contributed by atoms with E-state index in [1.807, 2.05) is 19.4 Å². The van der Waals surface area contributed by atoms with Crippen molar-refractivity contribution in [2.45, 2.75) is 23.7 Å². The summed E-state index contributed by atoms with van der Waals surface area (Å²) in [6, 6.07) is 0. The Balaban J connectivity index is 1.64. The van der Waals surface area contributed by atoms with Gasteiger partial charge in [0.15, 0.2) is 10.5 Å². The molecule has 0 saturated carbocycles. The summed E-state index contributed by atoms with van der Waals surface area (Å²) in [6.45, 7) is 0.859. The van der Waals surface area contributed by atoms with Crippen LogP contribution in [0.3, 0.4) is 0 Å². The predicted octanol–water partition coefficient (Wildman–Crippen LogP) is 1.80. The van der Waals surface area contributed by atoms with E-state index in [9.17, 15) is 8.42 Å². The zero-order valence-electron chi connectivity index (χ0n) is 14.9. The van der Waals surface area contributed by atoms with Gasteiger partial charge in [0.2, 0.25) is 0 Å². The van der Waals surface area contributed by atoms with Crippen LogP contribution in [0.4, 0.5) is 0 Å². The van der Waals surface area contributed by atoms with Crippen LogP contribution in [0.2, 0.25) is 0 Å². The van der Waals surface area contributed by atoms with Crippen molar-refractivity contribution in [3.05, 3.63) is 34.8 Å². The van der Waals surface area contributed by atoms with E-state index in [0.717, 1.165) is 18.4 Å². The Bertz CT molecular complexity index is 1080. The molecule has 1 aliphatic heterocycles. The Kier molecular flexibility index (Phi) is 4.68. The standard InChI is InChI=1S/C16H19BrN6O3S/c1-21-9-12(7-19-21)11-3-5-22(6-4-11)27(24,25)14-15-18-8-13(17)10-23(15)20-16(14)26-2/h7-11H,3-6H2,1-2H3. The molecule has 144 valence electrons. The molecule has 0 aliphatic carbocycles. The van der Waals surface area contributed by atoms with Gasteiger partial charge in [-0.3, -0.25) is 4.68 Å². The molecule has 3 aromatic heterocycles. The van der Waals surface area contributed by atoms with Gasteiger partial charge in [0.1, 0.15) is 0 Å². The molecule has 9 nitrogen and oxygen atoms in total. The van der Waals surface area contributed by atoms with Gasteiger partial charge in [-0.25, -0.2) is 17.9 Å². The van der Waals surface area contributed by atoms with Crippen LogP contribution in [0, 0.1) is 0 Å². The SMILES string of the molecule is COc1nn2cc(Br)cnc2c1S(=O)(=O)N1CCC(c2cnn(C)c2)CC1. The molecule has 0 unspecified atom stereocenters. The molecule has 1 saturated heterocycles. The summed E-state index contributed by atoms with van der Waals surface area (Å²) in [4.78, 5) is 4.24. The highest BCUT2D eigenvalue weighted by atomic mass is 79.9. The first-order valence-corrected chi connectivity index (χ1v) is 10.7. The van der Waals surface area contributed by atoms with Crippen molar-refractivity contribution in [3.8, 4) is 5.88 Å². The topological polar surface area (TPSA) is 94.6 Å². The number of piperidine rings is 1. The van der Waals surface area contributed by atoms with Crippen LogP contribution >= 0.6 is 15.9 Å². The second-order valence-corrected chi connectivity index (χ2v) is 9.29. The number of rotatable bonds is 4. The number of nitrogens with zero attached hydrogens (tertiary/aromatic N) is 6. The normalized spacial score (nSPS) is 16.9. The fourth-order valence-corrected chi connectivity index (χ4v) is 5.41. The van der Waals surface area contributed by atoms with Gasteiger partial charge in [-0.1, -0.05) is 0 Å². The van der Waals surface area contributed by atoms with E-state index < -0.39 is 10.0 Å². The molecule has 27 heavy (non-hydrogen) atoms. The molecule has 3 aromatic rings. The molecule has 0 atom stereocenters. The number of methoxy groups -OCH3 is 1. The van der Waals surface area contributed by atoms with Crippen LogP contribution in [0.25, 0.3) is 5.65 Å². The van der Waals surface area contributed by atoms with E-state index >= 15 is 0 Å². The van der Waals surface area contributed by atoms with E-state index in [2.05, 4.69) is 31.1 Å². The predicted molar refractivity (Wildman–Crippen MR) is 101 cm³/mol. The van der Waals surface area contributed by atoms with Crippen LogP contribution in [0.5, 0.6) is 5.88 Å². The maximum Gasteiger partial charge on any atom is 0.255 e. The minimum atomic E-state index is -3.77. The second-order valence-electron chi connectivity index (χ2n) is 6.50. The van der Waals surface area contributed by atoms with Crippen LogP contribution in [0.1, 0.15) is 24.3 Å². The lowest BCUT2D eigenvalue weighted by atomic mass is 9.93. The molecule has 0 bridgehead atoms. The number of aromatic nitrogens is 5. The van der Waals surface area contributed by atoms with Gasteiger partial charge in [-0.05, 0) is 40.3 Å². The summed E-state index contributed by atoms with van der Waals surface area (Å²) in [5.41, 5.74) is 1.40. The smallest absolute Gasteiger partial charge is 0.255 e. The van der Waals surface area contributed by atoms with E-state index in [1.165, 1.54) is 15.9 Å². The third kappa shape index (κ3) is 3.23. The first kappa shape index (κ1) is 18.4. The highest BCUT2D eigenvalue weighted by Crippen LogP contribution is 2.34. The van der Waals surface area contributed by atoms with E-state index in [1.54, 1.807) is 17.1 Å². The third-order valence-corrected chi connectivity index (χ3v) is 7.14. The maximum atomic E-state index is 13.3. The third-order valence-electron chi connectivity index (χ3n) is 4.81. The van der Waals surface area contributed by atoms with Crippen LogP contribution < -0.4 is 4.74 Å². The van der Waals surface area contributed by atoms with Gasteiger partial charge in [0.25, 0.3) is 15.9 Å². The number of hydrogen-bond acceptors (Lipinski definition) is 6. The zero-order chi connectivity index (χ0) is 19.2. The number of hydrogen-bond donors (Lipinski definition) is 0. The van der Waals surface area contributed by atoms with Crippen molar-refractivity contribution in [3.63, 3.8) is 0 Å². The molecule has 1 aliphatic rings. The fraction of sp³-hybridized carbons (Fsp3) is 0.438. The van der Waals surface area contributed by atoms with Gasteiger partial charge in [0, 0.05) is 38.7 Å². The Morgan fingerprint density at radius 2 is 1.96 bits per heavy atom. The minimum Gasteiger partial charge on any atom is -0.479 e. The molecular formula is C16H19BrN6O3S. The molecule has 0 radical (unpaired) electrons. The highest BCUT2D eigenvalue weighted by Gasteiger charge is 2.36. The number of aryl methyl sites for hydroxylation is 1. The lowest BCUT2D eigenvalue weighted by molar-refractivity contribution is 0.317. The lowest BCUT2D eigenvalue weighted by Gasteiger charge is -2.30. The van der Waals surface area contributed by atoms with E-state index in [0.29, 0.717) is 23.5 Å². The van der Waals surface area contributed by atoms with Crippen molar-refractivity contribution in [1.82, 2.24) is 28.7 Å². The minimum absolute atomic E-state index is 0.0114. The van der Waals surface area contributed by atoms with E-state index in [-0.39, 0.29) is 16.4 Å². The molecular weight excluding hydrogens is 436 g/mol. The molecule has 0 N–H and O–H groups in total. The molecule has 4 heterocycles. The largest absolute Gasteiger partial charge is 0.479 e. The monoisotopic (exact) mass is 454 g/mol. The Hall–Kier alpha value is -1.98. The second kappa shape index (κ2) is 6.88. The number of sulfonamides is 1. The molecule has 0 spiro atoms. The van der Waals surface area contributed by atoms with Crippen LogP contribution in [-0.4, -0.2) is 57.3 Å². The summed E-state index contributed by atoms with van der Waals surface area (Å²) >= 11 is 3.31. The first-order valence-electron chi connectivity index (χ1n) is 8.46. The van der Waals surface area contributed by atoms with Crippen molar-refractivity contribution >= 4 is 31.6 Å². The zero-order valence-corrected chi connectivity index (χ0v) is 17.3. The van der Waals surface area contributed by atoms with Crippen LogP contribution in [0.15, 0.2) is 34.2 Å². The highest BCUT2D eigenvalue weighted by molar-refractivity contribution is 9.10. The summed E-state index contributed by atoms with van der Waals surface area (Å²) < 4.78 is 37.2. The first-order chi connectivity index (χ1) is 12.9. The summed E-state index contributed by atoms with van der Waals surface area (Å²) in [5, 5.41) is 8.41. The number of ether oxygens (including phenoxy) is 1. The number of halogens is 1. The van der Waals surface area contributed by atoms with Gasteiger partial charge in [-0.2, -0.15) is 9.40 Å². The molecule has 11 heteroatoms. The molecule has 0 aromatic carbocycles. The Morgan fingerprint density at radius 3 is 2.59 bits per heavy atom. The quantitative estimate of drug-likeness (QED) is 0.596. The lowest BCUT2D eigenvalue weighted by Crippen LogP contribution is -2.38. The van der Waals surface area contributed by atoms with Gasteiger partial charge >= 0.3 is 0 Å².